The highest BCUT2D eigenvalue weighted by Gasteiger charge is 2.16. The van der Waals surface area contributed by atoms with E-state index in [2.05, 4.69) is 0 Å². The summed E-state index contributed by atoms with van der Waals surface area (Å²) in [5, 5.41) is 17.8. The molecule has 0 spiro atoms. The number of aliphatic hydroxyl groups is 1. The van der Waals surface area contributed by atoms with Crippen LogP contribution in [-0.2, 0) is 4.74 Å². The molecule has 0 amide bonds. The zero-order valence-corrected chi connectivity index (χ0v) is 8.89. The van der Waals surface area contributed by atoms with Crippen LogP contribution in [0.4, 0.5) is 0 Å². The van der Waals surface area contributed by atoms with Gasteiger partial charge < -0.3 is 9.84 Å². The number of hydrogen-bond acceptors (Lipinski definition) is 3. The minimum Gasteiger partial charge on any atom is -0.393 e. The lowest BCUT2D eigenvalue weighted by Gasteiger charge is -2.17. The zero-order chi connectivity index (χ0) is 11.1. The van der Waals surface area contributed by atoms with Crippen molar-refractivity contribution < 1.29 is 9.84 Å². The fourth-order valence-corrected chi connectivity index (χ4v) is 1.34. The predicted molar refractivity (Wildman–Crippen MR) is 57.5 cm³/mol. The summed E-state index contributed by atoms with van der Waals surface area (Å²) in [6, 6.07) is 11.2. The first-order chi connectivity index (χ1) is 7.31. The van der Waals surface area contributed by atoms with Crippen LogP contribution in [0.5, 0.6) is 0 Å². The number of nitrogens with zero attached hydrogens (tertiary/aromatic N) is 1. The molecule has 1 aromatic rings. The molecule has 0 aliphatic heterocycles. The molecule has 0 aliphatic carbocycles. The molecule has 0 bridgehead atoms. The number of halogens is 1. The van der Waals surface area contributed by atoms with Crippen molar-refractivity contribution >= 4 is 11.6 Å². The van der Waals surface area contributed by atoms with Gasteiger partial charge in [0.1, 0.15) is 6.10 Å². The van der Waals surface area contributed by atoms with Crippen molar-refractivity contribution in [2.24, 2.45) is 0 Å². The molecule has 3 nitrogen and oxygen atoms in total. The van der Waals surface area contributed by atoms with E-state index in [-0.39, 0.29) is 12.5 Å². The molecule has 1 aromatic carbocycles. The van der Waals surface area contributed by atoms with Crippen LogP contribution in [0.3, 0.4) is 0 Å². The Labute approximate surface area is 93.9 Å². The van der Waals surface area contributed by atoms with E-state index in [1.165, 1.54) is 0 Å². The van der Waals surface area contributed by atoms with Crippen LogP contribution in [0.1, 0.15) is 11.7 Å². The number of aliphatic hydroxyl groups excluding tert-OH is 1. The highest BCUT2D eigenvalue weighted by atomic mass is 35.5. The first-order valence-corrected chi connectivity index (χ1v) is 5.12. The number of ether oxygens (including phenoxy) is 1. The van der Waals surface area contributed by atoms with Crippen LogP contribution < -0.4 is 0 Å². The number of alkyl halides is 1. The molecule has 2 atom stereocenters. The van der Waals surface area contributed by atoms with Gasteiger partial charge in [0.05, 0.1) is 18.6 Å². The minimum absolute atomic E-state index is 0.0971. The lowest BCUT2D eigenvalue weighted by atomic mass is 10.1. The summed E-state index contributed by atoms with van der Waals surface area (Å²) in [7, 11) is 0. The third kappa shape index (κ3) is 3.52. The summed E-state index contributed by atoms with van der Waals surface area (Å²) in [6.45, 7) is -0.168. The topological polar surface area (TPSA) is 53.2 Å². The number of rotatable bonds is 5. The van der Waals surface area contributed by atoms with Crippen molar-refractivity contribution in [2.45, 2.75) is 12.2 Å². The van der Waals surface area contributed by atoms with Crippen LogP contribution >= 0.6 is 11.6 Å². The van der Waals surface area contributed by atoms with Crippen LogP contribution in [0, 0.1) is 11.3 Å². The van der Waals surface area contributed by atoms with Crippen LogP contribution in [-0.4, -0.2) is 23.7 Å². The Morgan fingerprint density at radius 2 is 2.07 bits per heavy atom. The molecule has 0 saturated carbocycles. The van der Waals surface area contributed by atoms with Gasteiger partial charge in [-0.1, -0.05) is 30.3 Å². The molecule has 4 heteroatoms. The summed E-state index contributed by atoms with van der Waals surface area (Å²) in [4.78, 5) is 0. The second kappa shape index (κ2) is 6.41. The van der Waals surface area contributed by atoms with Crippen molar-refractivity contribution in [2.75, 3.05) is 12.5 Å². The van der Waals surface area contributed by atoms with Gasteiger partial charge in [-0.3, -0.25) is 0 Å². The SMILES string of the molecule is N#CC(CCl)OC(CO)c1ccccc1. The van der Waals surface area contributed by atoms with Gasteiger partial charge in [0.15, 0.2) is 6.10 Å². The predicted octanol–water partition coefficient (Wildman–Crippen LogP) is 1.87. The molecule has 0 aliphatic rings. The molecule has 1 N–H and O–H groups in total. The average molecular weight is 226 g/mol. The van der Waals surface area contributed by atoms with Crippen molar-refractivity contribution in [3.63, 3.8) is 0 Å². The van der Waals surface area contributed by atoms with Gasteiger partial charge in [-0.25, -0.2) is 0 Å². The van der Waals surface area contributed by atoms with Gasteiger partial charge in [0.2, 0.25) is 0 Å². The van der Waals surface area contributed by atoms with Gasteiger partial charge >= 0.3 is 0 Å². The fraction of sp³-hybridized carbons (Fsp3) is 0.364. The molecule has 0 saturated heterocycles. The van der Waals surface area contributed by atoms with E-state index in [4.69, 9.17) is 26.7 Å². The maximum atomic E-state index is 9.14. The van der Waals surface area contributed by atoms with Gasteiger partial charge in [0.25, 0.3) is 0 Å². The maximum Gasteiger partial charge on any atom is 0.158 e. The van der Waals surface area contributed by atoms with E-state index < -0.39 is 12.2 Å². The highest BCUT2D eigenvalue weighted by molar-refractivity contribution is 6.18. The fourth-order valence-electron chi connectivity index (χ4n) is 1.19. The molecule has 0 aromatic heterocycles. The van der Waals surface area contributed by atoms with E-state index in [9.17, 15) is 0 Å². The molecule has 80 valence electrons. The first kappa shape index (κ1) is 12.0. The summed E-state index contributed by atoms with van der Waals surface area (Å²) in [5.74, 6) is 0.0971. The third-order valence-corrected chi connectivity index (χ3v) is 2.23. The Morgan fingerprint density at radius 1 is 1.40 bits per heavy atom. The van der Waals surface area contributed by atoms with E-state index in [1.807, 2.05) is 36.4 Å². The summed E-state index contributed by atoms with van der Waals surface area (Å²) < 4.78 is 5.34. The lowest BCUT2D eigenvalue weighted by Crippen LogP contribution is -2.19. The Bertz CT molecular complexity index is 323. The van der Waals surface area contributed by atoms with Crippen molar-refractivity contribution in [1.82, 2.24) is 0 Å². The smallest absolute Gasteiger partial charge is 0.158 e. The first-order valence-electron chi connectivity index (χ1n) is 4.58. The monoisotopic (exact) mass is 225 g/mol. The zero-order valence-electron chi connectivity index (χ0n) is 8.14. The van der Waals surface area contributed by atoms with Gasteiger partial charge in [-0.05, 0) is 5.56 Å². The average Bonchev–Trinajstić information content (AvgIpc) is 2.32. The Morgan fingerprint density at radius 3 is 2.53 bits per heavy atom. The van der Waals surface area contributed by atoms with E-state index in [0.717, 1.165) is 5.56 Å². The number of hydrogen-bond donors (Lipinski definition) is 1. The maximum absolute atomic E-state index is 9.14. The largest absolute Gasteiger partial charge is 0.393 e. The molecule has 1 rings (SSSR count). The molecular formula is C11H12ClNO2. The quantitative estimate of drug-likeness (QED) is 0.779. The normalized spacial score (nSPS) is 14.2. The summed E-state index contributed by atoms with van der Waals surface area (Å²) >= 11 is 5.53. The third-order valence-electron chi connectivity index (χ3n) is 1.95. The Hall–Kier alpha value is -1.08. The molecule has 0 fully saturated rings. The van der Waals surface area contributed by atoms with E-state index in [1.54, 1.807) is 0 Å². The van der Waals surface area contributed by atoms with Gasteiger partial charge in [-0.2, -0.15) is 5.26 Å². The molecular weight excluding hydrogens is 214 g/mol. The molecule has 2 unspecified atom stereocenters. The second-order valence-electron chi connectivity index (χ2n) is 2.99. The number of nitriles is 1. The van der Waals surface area contributed by atoms with Crippen LogP contribution in [0.2, 0.25) is 0 Å². The number of benzene rings is 1. The van der Waals surface area contributed by atoms with E-state index in [0.29, 0.717) is 0 Å². The highest BCUT2D eigenvalue weighted by Crippen LogP contribution is 2.18. The Kier molecular flexibility index (Phi) is 5.13. The summed E-state index contributed by atoms with van der Waals surface area (Å²) in [6.07, 6.45) is -1.18. The minimum atomic E-state index is -0.691. The summed E-state index contributed by atoms with van der Waals surface area (Å²) in [5.41, 5.74) is 0.838. The molecule has 15 heavy (non-hydrogen) atoms. The van der Waals surface area contributed by atoms with E-state index >= 15 is 0 Å². The van der Waals surface area contributed by atoms with Gasteiger partial charge in [0, 0.05) is 0 Å². The van der Waals surface area contributed by atoms with Crippen molar-refractivity contribution in [3.05, 3.63) is 35.9 Å². The standard InChI is InChI=1S/C11H12ClNO2/c12-6-10(7-13)15-11(8-14)9-4-2-1-3-5-9/h1-5,10-11,14H,6,8H2. The van der Waals surface area contributed by atoms with Crippen molar-refractivity contribution in [3.8, 4) is 6.07 Å². The molecule has 0 heterocycles. The van der Waals surface area contributed by atoms with Crippen LogP contribution in [0.25, 0.3) is 0 Å². The second-order valence-corrected chi connectivity index (χ2v) is 3.30. The Balaban J connectivity index is 2.69. The van der Waals surface area contributed by atoms with Gasteiger partial charge in [-0.15, -0.1) is 11.6 Å². The lowest BCUT2D eigenvalue weighted by molar-refractivity contribution is -0.00842. The van der Waals surface area contributed by atoms with Crippen molar-refractivity contribution in [1.29, 1.82) is 5.26 Å². The molecule has 0 radical (unpaired) electrons. The van der Waals surface area contributed by atoms with Crippen LogP contribution in [0.15, 0.2) is 30.3 Å².